The Morgan fingerprint density at radius 2 is 2.24 bits per heavy atom. The van der Waals surface area contributed by atoms with E-state index in [1.165, 1.54) is 12.4 Å². The molecule has 0 saturated heterocycles. The summed E-state index contributed by atoms with van der Waals surface area (Å²) in [5, 5.41) is 7.27. The number of ether oxygens (including phenoxy) is 1. The molecule has 1 aromatic carbocycles. The van der Waals surface area contributed by atoms with Gasteiger partial charge in [-0.15, -0.1) is 0 Å². The van der Waals surface area contributed by atoms with Crippen LogP contribution in [0.5, 0.6) is 5.75 Å². The van der Waals surface area contributed by atoms with E-state index in [0.29, 0.717) is 5.82 Å². The Kier molecular flexibility index (Phi) is 5.27. The van der Waals surface area contributed by atoms with Crippen LogP contribution in [0.4, 0.5) is 4.39 Å². The van der Waals surface area contributed by atoms with Gasteiger partial charge < -0.3 is 10.1 Å². The van der Waals surface area contributed by atoms with E-state index in [1.54, 1.807) is 17.8 Å². The highest BCUT2D eigenvalue weighted by atomic mass is 19.1. The lowest BCUT2D eigenvalue weighted by Crippen LogP contribution is -2.19. The summed E-state index contributed by atoms with van der Waals surface area (Å²) in [5.74, 6) is 0.515. The van der Waals surface area contributed by atoms with Crippen molar-refractivity contribution in [2.45, 2.75) is 32.9 Å². The van der Waals surface area contributed by atoms with E-state index >= 15 is 0 Å². The van der Waals surface area contributed by atoms with Gasteiger partial charge in [0.1, 0.15) is 12.9 Å². The average Bonchev–Trinajstić information content (AvgIpc) is 2.88. The molecule has 1 N–H and O–H groups in total. The lowest BCUT2D eigenvalue weighted by Gasteiger charge is -2.15. The number of rotatable bonds is 7. The summed E-state index contributed by atoms with van der Waals surface area (Å²) >= 11 is 0. The van der Waals surface area contributed by atoms with E-state index < -0.39 is 0 Å². The number of halogens is 1. The van der Waals surface area contributed by atoms with Crippen LogP contribution < -0.4 is 10.1 Å². The highest BCUT2D eigenvalue weighted by molar-refractivity contribution is 5.31. The molecule has 114 valence electrons. The first kappa shape index (κ1) is 15.4. The number of aryl methyl sites for hydroxylation is 1. The minimum atomic E-state index is -0.361. The van der Waals surface area contributed by atoms with E-state index in [9.17, 15) is 4.39 Å². The molecule has 1 unspecified atom stereocenters. The van der Waals surface area contributed by atoms with Gasteiger partial charge in [0.05, 0.1) is 0 Å². The Hall–Kier alpha value is -1.95. The normalized spacial score (nSPS) is 12.4. The van der Waals surface area contributed by atoms with E-state index in [-0.39, 0.29) is 24.2 Å². The third kappa shape index (κ3) is 4.01. The summed E-state index contributed by atoms with van der Waals surface area (Å²) in [6.45, 7) is 5.22. The van der Waals surface area contributed by atoms with Crippen molar-refractivity contribution >= 4 is 0 Å². The first-order valence-corrected chi connectivity index (χ1v) is 7.10. The molecule has 2 rings (SSSR count). The molecular weight excluding hydrogens is 271 g/mol. The second-order valence-corrected chi connectivity index (χ2v) is 4.95. The van der Waals surface area contributed by atoms with Gasteiger partial charge in [-0.25, -0.2) is 9.37 Å². The molecule has 0 amide bonds. The number of hydrogen-bond donors (Lipinski definition) is 1. The van der Waals surface area contributed by atoms with E-state index in [2.05, 4.69) is 22.3 Å². The van der Waals surface area contributed by atoms with Crippen molar-refractivity contribution in [1.29, 1.82) is 0 Å². The maximum absolute atomic E-state index is 14.1. The van der Waals surface area contributed by atoms with Crippen molar-refractivity contribution < 1.29 is 9.13 Å². The molecule has 0 spiro atoms. The molecule has 0 fully saturated rings. The van der Waals surface area contributed by atoms with Gasteiger partial charge in [-0.3, -0.25) is 4.68 Å². The van der Waals surface area contributed by atoms with Crippen molar-refractivity contribution in [2.24, 2.45) is 7.05 Å². The SMILES string of the molecule is CCCNC(C)c1ccc(OCc2ncnn2C)c(F)c1. The fraction of sp³-hybridized carbons (Fsp3) is 0.467. The zero-order valence-corrected chi connectivity index (χ0v) is 12.6. The standard InChI is InChI=1S/C15H21FN4O/c1-4-7-17-11(2)12-5-6-14(13(16)8-12)21-9-15-18-10-19-20(15)3/h5-6,8,10-11,17H,4,7,9H2,1-3H3. The van der Waals surface area contributed by atoms with Crippen LogP contribution >= 0.6 is 0 Å². The van der Waals surface area contributed by atoms with Crippen molar-refractivity contribution in [1.82, 2.24) is 20.1 Å². The fourth-order valence-electron chi connectivity index (χ4n) is 1.98. The predicted molar refractivity (Wildman–Crippen MR) is 78.4 cm³/mol. The third-order valence-corrected chi connectivity index (χ3v) is 3.32. The van der Waals surface area contributed by atoms with Gasteiger partial charge in [0, 0.05) is 13.1 Å². The van der Waals surface area contributed by atoms with Gasteiger partial charge in [-0.05, 0) is 37.6 Å². The highest BCUT2D eigenvalue weighted by Gasteiger charge is 2.10. The minimum Gasteiger partial charge on any atom is -0.483 e. The Labute approximate surface area is 124 Å². The molecule has 0 aliphatic heterocycles. The molecule has 0 saturated carbocycles. The molecule has 1 heterocycles. The van der Waals surface area contributed by atoms with Crippen LogP contribution in [0.15, 0.2) is 24.5 Å². The molecule has 2 aromatic rings. The van der Waals surface area contributed by atoms with Crippen LogP contribution in [-0.4, -0.2) is 21.3 Å². The summed E-state index contributed by atoms with van der Waals surface area (Å²) in [7, 11) is 1.77. The van der Waals surface area contributed by atoms with Gasteiger partial charge in [0.25, 0.3) is 0 Å². The van der Waals surface area contributed by atoms with Crippen LogP contribution in [0.2, 0.25) is 0 Å². The smallest absolute Gasteiger partial charge is 0.165 e. The van der Waals surface area contributed by atoms with Crippen molar-refractivity contribution in [3.63, 3.8) is 0 Å². The van der Waals surface area contributed by atoms with Crippen molar-refractivity contribution in [3.05, 3.63) is 41.7 Å². The Balaban J connectivity index is 2.00. The summed E-state index contributed by atoms with van der Waals surface area (Å²) in [6.07, 6.45) is 2.49. The fourth-order valence-corrected chi connectivity index (χ4v) is 1.98. The average molecular weight is 292 g/mol. The van der Waals surface area contributed by atoms with E-state index in [0.717, 1.165) is 18.5 Å². The monoisotopic (exact) mass is 292 g/mol. The van der Waals surface area contributed by atoms with E-state index in [4.69, 9.17) is 4.74 Å². The summed E-state index contributed by atoms with van der Waals surface area (Å²) in [6, 6.07) is 5.17. The molecule has 5 nitrogen and oxygen atoms in total. The number of benzene rings is 1. The summed E-state index contributed by atoms with van der Waals surface area (Å²) < 4.78 is 21.1. The maximum Gasteiger partial charge on any atom is 0.165 e. The Morgan fingerprint density at radius 1 is 1.43 bits per heavy atom. The number of nitrogens with one attached hydrogen (secondary N) is 1. The van der Waals surface area contributed by atoms with Gasteiger partial charge in [-0.2, -0.15) is 5.10 Å². The van der Waals surface area contributed by atoms with Crippen LogP contribution in [0.1, 0.15) is 37.7 Å². The van der Waals surface area contributed by atoms with Gasteiger partial charge >= 0.3 is 0 Å². The van der Waals surface area contributed by atoms with Crippen molar-refractivity contribution in [3.8, 4) is 5.75 Å². The molecule has 21 heavy (non-hydrogen) atoms. The maximum atomic E-state index is 14.1. The largest absolute Gasteiger partial charge is 0.483 e. The molecule has 6 heteroatoms. The van der Waals surface area contributed by atoms with Crippen molar-refractivity contribution in [2.75, 3.05) is 6.54 Å². The quantitative estimate of drug-likeness (QED) is 0.852. The molecule has 1 atom stereocenters. The predicted octanol–water partition coefficient (Wildman–Crippen LogP) is 2.59. The molecule has 0 radical (unpaired) electrons. The Morgan fingerprint density at radius 3 is 2.86 bits per heavy atom. The second kappa shape index (κ2) is 7.17. The highest BCUT2D eigenvalue weighted by Crippen LogP contribution is 2.22. The number of hydrogen-bond acceptors (Lipinski definition) is 4. The lowest BCUT2D eigenvalue weighted by atomic mass is 10.1. The van der Waals surface area contributed by atoms with Crippen LogP contribution in [0, 0.1) is 5.82 Å². The molecule has 0 aliphatic rings. The van der Waals surface area contributed by atoms with Gasteiger partial charge in [0.15, 0.2) is 17.4 Å². The number of nitrogens with zero attached hydrogens (tertiary/aromatic N) is 3. The van der Waals surface area contributed by atoms with Gasteiger partial charge in [-0.1, -0.05) is 13.0 Å². The summed E-state index contributed by atoms with van der Waals surface area (Å²) in [4.78, 5) is 4.03. The first-order valence-electron chi connectivity index (χ1n) is 7.10. The summed E-state index contributed by atoms with van der Waals surface area (Å²) in [5.41, 5.74) is 0.909. The minimum absolute atomic E-state index is 0.118. The molecule has 0 bridgehead atoms. The first-order chi connectivity index (χ1) is 10.1. The molecule has 0 aliphatic carbocycles. The molecular formula is C15H21FN4O. The zero-order chi connectivity index (χ0) is 15.2. The van der Waals surface area contributed by atoms with Crippen LogP contribution in [0.25, 0.3) is 0 Å². The third-order valence-electron chi connectivity index (χ3n) is 3.32. The van der Waals surface area contributed by atoms with Crippen LogP contribution in [-0.2, 0) is 13.7 Å². The van der Waals surface area contributed by atoms with Gasteiger partial charge in [0.2, 0.25) is 0 Å². The number of aromatic nitrogens is 3. The second-order valence-electron chi connectivity index (χ2n) is 4.95. The zero-order valence-electron chi connectivity index (χ0n) is 12.6. The lowest BCUT2D eigenvalue weighted by molar-refractivity contribution is 0.275. The molecule has 1 aromatic heterocycles. The van der Waals surface area contributed by atoms with Crippen LogP contribution in [0.3, 0.4) is 0 Å². The topological polar surface area (TPSA) is 52.0 Å². The Bertz CT molecular complexity index is 585. The van der Waals surface area contributed by atoms with E-state index in [1.807, 2.05) is 13.0 Å².